The highest BCUT2D eigenvalue weighted by Gasteiger charge is 2.50. The summed E-state index contributed by atoms with van der Waals surface area (Å²) in [7, 11) is 0. The second-order valence-corrected chi connectivity index (χ2v) is 7.04. The molecule has 19 heavy (non-hydrogen) atoms. The number of anilines is 1. The first-order chi connectivity index (χ1) is 9.25. The van der Waals surface area contributed by atoms with Gasteiger partial charge in [-0.05, 0) is 68.4 Å². The van der Waals surface area contributed by atoms with Gasteiger partial charge in [0.25, 0.3) is 0 Å². The van der Waals surface area contributed by atoms with E-state index in [-0.39, 0.29) is 0 Å². The molecule has 0 aliphatic heterocycles. The molecule has 4 bridgehead atoms. The van der Waals surface area contributed by atoms with Gasteiger partial charge in [-0.15, -0.1) is 0 Å². The number of aromatic nitrogens is 1. The Morgan fingerprint density at radius 2 is 1.74 bits per heavy atom. The summed E-state index contributed by atoms with van der Waals surface area (Å²) in [5.41, 5.74) is 7.01. The molecule has 5 rings (SSSR count). The van der Waals surface area contributed by atoms with Gasteiger partial charge in [0.2, 0.25) is 0 Å². The van der Waals surface area contributed by atoms with Crippen molar-refractivity contribution >= 4 is 5.82 Å². The predicted molar refractivity (Wildman–Crippen MR) is 76.7 cm³/mol. The van der Waals surface area contributed by atoms with Crippen LogP contribution in [0.4, 0.5) is 5.82 Å². The fraction of sp³-hybridized carbons (Fsp3) is 0.688. The van der Waals surface area contributed by atoms with Gasteiger partial charge in [0.05, 0.1) is 5.69 Å². The summed E-state index contributed by atoms with van der Waals surface area (Å²) in [6.45, 7) is 0.524. The molecule has 3 heteroatoms. The van der Waals surface area contributed by atoms with E-state index < -0.39 is 0 Å². The lowest BCUT2D eigenvalue weighted by molar-refractivity contribution is 0.0105. The third kappa shape index (κ3) is 2.04. The Morgan fingerprint density at radius 1 is 1.11 bits per heavy atom. The van der Waals surface area contributed by atoms with Crippen molar-refractivity contribution < 1.29 is 0 Å². The molecule has 1 heterocycles. The molecule has 0 atom stereocenters. The lowest BCUT2D eigenvalue weighted by Crippen LogP contribution is -2.54. The first kappa shape index (κ1) is 11.7. The predicted octanol–water partition coefficient (Wildman–Crippen LogP) is 2.92. The Kier molecular flexibility index (Phi) is 2.59. The second-order valence-electron chi connectivity index (χ2n) is 7.04. The van der Waals surface area contributed by atoms with Gasteiger partial charge in [0.1, 0.15) is 5.82 Å². The van der Waals surface area contributed by atoms with Crippen molar-refractivity contribution in [3.8, 4) is 0 Å². The number of nitrogens with one attached hydrogen (secondary N) is 1. The maximum Gasteiger partial charge on any atom is 0.126 e. The van der Waals surface area contributed by atoms with Gasteiger partial charge >= 0.3 is 0 Å². The van der Waals surface area contributed by atoms with Crippen LogP contribution in [0.25, 0.3) is 0 Å². The van der Waals surface area contributed by atoms with Gasteiger partial charge in [0.15, 0.2) is 0 Å². The molecule has 0 spiro atoms. The molecule has 0 radical (unpaired) electrons. The highest BCUT2D eigenvalue weighted by atomic mass is 15.1. The molecular formula is C16H23N3. The number of nitrogens with zero attached hydrogens (tertiary/aromatic N) is 1. The summed E-state index contributed by atoms with van der Waals surface area (Å²) >= 11 is 0. The van der Waals surface area contributed by atoms with Crippen molar-refractivity contribution in [2.24, 2.45) is 23.5 Å². The van der Waals surface area contributed by atoms with Crippen molar-refractivity contribution in [3.05, 3.63) is 23.9 Å². The third-order valence-corrected chi connectivity index (χ3v) is 5.45. The number of hydrogen-bond acceptors (Lipinski definition) is 3. The van der Waals surface area contributed by atoms with Crippen molar-refractivity contribution in [1.82, 2.24) is 4.98 Å². The van der Waals surface area contributed by atoms with E-state index in [0.29, 0.717) is 12.1 Å². The summed E-state index contributed by atoms with van der Waals surface area (Å²) in [6, 6.07) is 6.17. The highest BCUT2D eigenvalue weighted by molar-refractivity contribution is 5.40. The van der Waals surface area contributed by atoms with Gasteiger partial charge in [-0.25, -0.2) is 4.98 Å². The van der Waals surface area contributed by atoms with Crippen LogP contribution in [-0.2, 0) is 6.54 Å². The molecule has 1 aromatic rings. The minimum atomic E-state index is 0.342. The summed E-state index contributed by atoms with van der Waals surface area (Å²) in [5, 5.41) is 3.79. The molecule has 1 aromatic heterocycles. The Morgan fingerprint density at radius 3 is 2.32 bits per heavy atom. The van der Waals surface area contributed by atoms with E-state index in [4.69, 9.17) is 5.73 Å². The molecule has 3 nitrogen and oxygen atoms in total. The Balaban J connectivity index is 1.58. The second kappa shape index (κ2) is 4.20. The van der Waals surface area contributed by atoms with Crippen molar-refractivity contribution in [2.75, 3.05) is 5.32 Å². The number of pyridine rings is 1. The summed E-state index contributed by atoms with van der Waals surface area (Å²) < 4.78 is 0. The van der Waals surface area contributed by atoms with Crippen LogP contribution in [0.15, 0.2) is 18.2 Å². The van der Waals surface area contributed by atoms with Crippen LogP contribution >= 0.6 is 0 Å². The summed E-state index contributed by atoms with van der Waals surface area (Å²) in [4.78, 5) is 4.63. The molecule has 0 saturated heterocycles. The third-order valence-electron chi connectivity index (χ3n) is 5.45. The maximum absolute atomic E-state index is 5.69. The molecule has 4 aliphatic carbocycles. The lowest BCUT2D eigenvalue weighted by atomic mass is 9.53. The van der Waals surface area contributed by atoms with Crippen LogP contribution in [-0.4, -0.2) is 10.5 Å². The number of hydrogen-bond donors (Lipinski definition) is 2. The largest absolute Gasteiger partial charge is 0.365 e. The highest BCUT2D eigenvalue weighted by Crippen LogP contribution is 2.56. The summed E-state index contributed by atoms with van der Waals surface area (Å²) in [5.74, 6) is 3.94. The van der Waals surface area contributed by atoms with E-state index in [0.717, 1.165) is 29.3 Å². The minimum Gasteiger partial charge on any atom is -0.365 e. The van der Waals surface area contributed by atoms with Crippen molar-refractivity contribution in [1.29, 1.82) is 0 Å². The zero-order valence-electron chi connectivity index (χ0n) is 11.4. The molecule has 0 amide bonds. The van der Waals surface area contributed by atoms with E-state index in [1.807, 2.05) is 6.07 Å². The fourth-order valence-electron chi connectivity index (χ4n) is 5.20. The van der Waals surface area contributed by atoms with E-state index in [9.17, 15) is 0 Å². The van der Waals surface area contributed by atoms with Crippen LogP contribution in [0.1, 0.15) is 44.2 Å². The molecule has 3 N–H and O–H groups in total. The quantitative estimate of drug-likeness (QED) is 0.875. The number of nitrogens with two attached hydrogens (primary N) is 1. The van der Waals surface area contributed by atoms with E-state index in [1.165, 1.54) is 38.5 Å². The smallest absolute Gasteiger partial charge is 0.126 e. The zero-order valence-corrected chi connectivity index (χ0v) is 11.4. The summed E-state index contributed by atoms with van der Waals surface area (Å²) in [6.07, 6.45) is 8.51. The van der Waals surface area contributed by atoms with Gasteiger partial charge in [0, 0.05) is 12.1 Å². The van der Waals surface area contributed by atoms with E-state index in [2.05, 4.69) is 22.4 Å². The fourth-order valence-corrected chi connectivity index (χ4v) is 5.20. The van der Waals surface area contributed by atoms with Crippen LogP contribution < -0.4 is 11.1 Å². The SMILES string of the molecule is NCc1cccc(NC23CC4CC(CC(C4)C2)C3)n1. The zero-order chi connectivity index (χ0) is 12.9. The van der Waals surface area contributed by atoms with Gasteiger partial charge in [-0.1, -0.05) is 6.07 Å². The minimum absolute atomic E-state index is 0.342. The first-order valence-electron chi connectivity index (χ1n) is 7.69. The first-order valence-corrected chi connectivity index (χ1v) is 7.69. The van der Waals surface area contributed by atoms with Gasteiger partial charge in [-0.2, -0.15) is 0 Å². The van der Waals surface area contributed by atoms with Crippen molar-refractivity contribution in [2.45, 2.75) is 50.6 Å². The topological polar surface area (TPSA) is 50.9 Å². The molecule has 4 aliphatic rings. The molecule has 4 fully saturated rings. The lowest BCUT2D eigenvalue weighted by Gasteiger charge is -2.57. The van der Waals surface area contributed by atoms with Gasteiger partial charge < -0.3 is 11.1 Å². The Hall–Kier alpha value is -1.09. The molecule has 0 unspecified atom stereocenters. The van der Waals surface area contributed by atoms with Crippen molar-refractivity contribution in [3.63, 3.8) is 0 Å². The number of rotatable bonds is 3. The van der Waals surface area contributed by atoms with Crippen LogP contribution in [0, 0.1) is 17.8 Å². The van der Waals surface area contributed by atoms with Crippen LogP contribution in [0.2, 0.25) is 0 Å². The van der Waals surface area contributed by atoms with Gasteiger partial charge in [-0.3, -0.25) is 0 Å². The average Bonchev–Trinajstić information content (AvgIpc) is 2.36. The van der Waals surface area contributed by atoms with Crippen LogP contribution in [0.3, 0.4) is 0 Å². The molecule has 0 aromatic carbocycles. The normalized spacial score (nSPS) is 39.5. The molecule has 4 saturated carbocycles. The van der Waals surface area contributed by atoms with E-state index in [1.54, 1.807) is 0 Å². The molecular weight excluding hydrogens is 234 g/mol. The average molecular weight is 257 g/mol. The standard InChI is InChI=1S/C16H23N3/c17-10-14-2-1-3-15(18-14)19-16-7-11-4-12(8-16)6-13(5-11)9-16/h1-3,11-13H,4-10,17H2,(H,18,19). The van der Waals surface area contributed by atoms with Crippen LogP contribution in [0.5, 0.6) is 0 Å². The Bertz CT molecular complexity index is 447. The molecule has 102 valence electrons. The monoisotopic (exact) mass is 257 g/mol. The Labute approximate surface area is 115 Å². The maximum atomic E-state index is 5.69. The van der Waals surface area contributed by atoms with E-state index >= 15 is 0 Å².